The molecule has 108 valence electrons. The van der Waals surface area contributed by atoms with Crippen LogP contribution >= 0.6 is 0 Å². The van der Waals surface area contributed by atoms with Crippen LogP contribution in [-0.2, 0) is 6.42 Å². The van der Waals surface area contributed by atoms with E-state index in [0.717, 1.165) is 37.1 Å². The van der Waals surface area contributed by atoms with E-state index >= 15 is 0 Å². The number of nitrogens with one attached hydrogen (secondary N) is 1. The van der Waals surface area contributed by atoms with Gasteiger partial charge in [0.05, 0.1) is 7.11 Å². The lowest BCUT2D eigenvalue weighted by Crippen LogP contribution is -2.29. The van der Waals surface area contributed by atoms with Gasteiger partial charge in [-0.25, -0.2) is 0 Å². The fourth-order valence-corrected chi connectivity index (χ4v) is 2.75. The molecule has 0 bridgehead atoms. The van der Waals surface area contributed by atoms with E-state index in [0.29, 0.717) is 0 Å². The van der Waals surface area contributed by atoms with Gasteiger partial charge in [0.1, 0.15) is 5.75 Å². The van der Waals surface area contributed by atoms with Gasteiger partial charge in [-0.05, 0) is 49.0 Å². The number of hydrogen-bond donors (Lipinski definition) is 1. The molecule has 2 nitrogen and oxygen atoms in total. The van der Waals surface area contributed by atoms with Crippen molar-refractivity contribution < 1.29 is 4.74 Å². The van der Waals surface area contributed by atoms with Gasteiger partial charge in [-0.15, -0.1) is 0 Å². The van der Waals surface area contributed by atoms with Gasteiger partial charge in [0.25, 0.3) is 0 Å². The van der Waals surface area contributed by atoms with E-state index in [4.69, 9.17) is 4.74 Å². The summed E-state index contributed by atoms with van der Waals surface area (Å²) in [4.78, 5) is 0. The fraction of sp³-hybridized carbons (Fsp3) is 0.647. The third-order valence-electron chi connectivity index (χ3n) is 4.03. The molecule has 1 aromatic rings. The molecule has 0 heterocycles. The van der Waals surface area contributed by atoms with Gasteiger partial charge in [-0.1, -0.05) is 45.7 Å². The average molecular weight is 263 g/mol. The lowest BCUT2D eigenvalue weighted by atomic mass is 9.83. The molecule has 2 heteroatoms. The van der Waals surface area contributed by atoms with E-state index in [9.17, 15) is 0 Å². The topological polar surface area (TPSA) is 21.3 Å². The van der Waals surface area contributed by atoms with Gasteiger partial charge in [0, 0.05) is 0 Å². The van der Waals surface area contributed by atoms with Crippen molar-refractivity contribution in [3.8, 4) is 5.75 Å². The average Bonchev–Trinajstić information content (AvgIpc) is 2.46. The summed E-state index contributed by atoms with van der Waals surface area (Å²) in [5.41, 5.74) is 1.41. The molecule has 0 aromatic heterocycles. The second-order valence-electron chi connectivity index (χ2n) is 5.20. The number of rotatable bonds is 9. The summed E-state index contributed by atoms with van der Waals surface area (Å²) in [6.07, 6.45) is 3.69. The molecule has 0 spiro atoms. The van der Waals surface area contributed by atoms with Crippen LogP contribution in [0, 0.1) is 11.8 Å². The smallest absolute Gasteiger partial charge is 0.118 e. The number of hydrogen-bond acceptors (Lipinski definition) is 2. The van der Waals surface area contributed by atoms with Crippen molar-refractivity contribution in [3.05, 3.63) is 29.8 Å². The molecule has 0 saturated carbocycles. The lowest BCUT2D eigenvalue weighted by Gasteiger charge is -2.26. The normalized spacial score (nSPS) is 12.7. The lowest BCUT2D eigenvalue weighted by molar-refractivity contribution is 0.299. The van der Waals surface area contributed by atoms with E-state index in [1.807, 2.05) is 0 Å². The summed E-state index contributed by atoms with van der Waals surface area (Å²) in [5.74, 6) is 2.47. The Kier molecular flexibility index (Phi) is 7.57. The Labute approximate surface area is 118 Å². The van der Waals surface area contributed by atoms with Crippen molar-refractivity contribution >= 4 is 0 Å². The van der Waals surface area contributed by atoms with Gasteiger partial charge in [-0.3, -0.25) is 0 Å². The van der Waals surface area contributed by atoms with Crippen LogP contribution in [0.5, 0.6) is 5.75 Å². The monoisotopic (exact) mass is 263 g/mol. The SMILES string of the molecule is CCNCC(Cc1ccc(OC)cc1)C(CC)CC. The standard InChI is InChI=1S/C17H29NO/c1-5-15(6-2)16(13-18-7-3)12-14-8-10-17(19-4)11-9-14/h8-11,15-16,18H,5-7,12-13H2,1-4H3. The molecule has 1 N–H and O–H groups in total. The molecule has 0 aliphatic carbocycles. The first-order chi connectivity index (χ1) is 9.24. The molecule has 0 aliphatic heterocycles. The predicted molar refractivity (Wildman–Crippen MR) is 82.8 cm³/mol. The minimum absolute atomic E-state index is 0.725. The Balaban J connectivity index is 2.68. The summed E-state index contributed by atoms with van der Waals surface area (Å²) < 4.78 is 5.22. The molecular weight excluding hydrogens is 234 g/mol. The zero-order valence-corrected chi connectivity index (χ0v) is 12.9. The molecule has 0 fully saturated rings. The molecule has 0 radical (unpaired) electrons. The fourth-order valence-electron chi connectivity index (χ4n) is 2.75. The van der Waals surface area contributed by atoms with Crippen LogP contribution in [0.3, 0.4) is 0 Å². The maximum absolute atomic E-state index is 5.22. The maximum Gasteiger partial charge on any atom is 0.118 e. The van der Waals surface area contributed by atoms with Gasteiger partial charge in [-0.2, -0.15) is 0 Å². The quantitative estimate of drug-likeness (QED) is 0.729. The van der Waals surface area contributed by atoms with Gasteiger partial charge < -0.3 is 10.1 Å². The Morgan fingerprint density at radius 1 is 1.00 bits per heavy atom. The summed E-state index contributed by atoms with van der Waals surface area (Å²) in [5, 5.41) is 3.52. The minimum Gasteiger partial charge on any atom is -0.497 e. The van der Waals surface area contributed by atoms with Gasteiger partial charge in [0.15, 0.2) is 0 Å². The summed E-state index contributed by atoms with van der Waals surface area (Å²) in [7, 11) is 1.72. The maximum atomic E-state index is 5.22. The predicted octanol–water partition coefficient (Wildman–Crippen LogP) is 3.90. The molecule has 1 unspecified atom stereocenters. The minimum atomic E-state index is 0.725. The first-order valence-electron chi connectivity index (χ1n) is 7.58. The zero-order valence-electron chi connectivity index (χ0n) is 12.9. The molecular formula is C17H29NO. The number of methoxy groups -OCH3 is 1. The molecule has 0 amide bonds. The van der Waals surface area contributed by atoms with Crippen LogP contribution in [0.25, 0.3) is 0 Å². The van der Waals surface area contributed by atoms with E-state index in [1.165, 1.54) is 18.4 Å². The van der Waals surface area contributed by atoms with Crippen LogP contribution in [0.15, 0.2) is 24.3 Å². The van der Waals surface area contributed by atoms with Gasteiger partial charge in [0.2, 0.25) is 0 Å². The number of benzene rings is 1. The van der Waals surface area contributed by atoms with E-state index in [-0.39, 0.29) is 0 Å². The van der Waals surface area contributed by atoms with E-state index in [1.54, 1.807) is 7.11 Å². The van der Waals surface area contributed by atoms with Crippen LogP contribution in [0.1, 0.15) is 39.2 Å². The third kappa shape index (κ3) is 5.23. The number of ether oxygens (including phenoxy) is 1. The van der Waals surface area contributed by atoms with Crippen LogP contribution < -0.4 is 10.1 Å². The van der Waals surface area contributed by atoms with Crippen molar-refractivity contribution in [1.82, 2.24) is 5.32 Å². The molecule has 0 saturated heterocycles. The van der Waals surface area contributed by atoms with Crippen LogP contribution in [0.4, 0.5) is 0 Å². The zero-order chi connectivity index (χ0) is 14.1. The summed E-state index contributed by atoms with van der Waals surface area (Å²) in [6.45, 7) is 8.97. The first kappa shape index (κ1) is 16.0. The van der Waals surface area contributed by atoms with Crippen LogP contribution in [0.2, 0.25) is 0 Å². The van der Waals surface area contributed by atoms with E-state index < -0.39 is 0 Å². The summed E-state index contributed by atoms with van der Waals surface area (Å²) >= 11 is 0. The van der Waals surface area contributed by atoms with Gasteiger partial charge >= 0.3 is 0 Å². The van der Waals surface area contributed by atoms with Crippen molar-refractivity contribution in [1.29, 1.82) is 0 Å². The Morgan fingerprint density at radius 2 is 1.63 bits per heavy atom. The highest BCUT2D eigenvalue weighted by molar-refractivity contribution is 5.27. The largest absolute Gasteiger partial charge is 0.497 e. The Hall–Kier alpha value is -1.02. The molecule has 1 atom stereocenters. The second-order valence-corrected chi connectivity index (χ2v) is 5.20. The molecule has 1 rings (SSSR count). The Bertz CT molecular complexity index is 330. The molecule has 19 heavy (non-hydrogen) atoms. The van der Waals surface area contributed by atoms with Crippen LogP contribution in [-0.4, -0.2) is 20.2 Å². The summed E-state index contributed by atoms with van der Waals surface area (Å²) in [6, 6.07) is 8.51. The highest BCUT2D eigenvalue weighted by Crippen LogP contribution is 2.24. The second kappa shape index (κ2) is 8.98. The van der Waals surface area contributed by atoms with Crippen molar-refractivity contribution in [2.75, 3.05) is 20.2 Å². The van der Waals surface area contributed by atoms with Crippen molar-refractivity contribution in [3.63, 3.8) is 0 Å². The van der Waals surface area contributed by atoms with Crippen molar-refractivity contribution in [2.24, 2.45) is 11.8 Å². The third-order valence-corrected chi connectivity index (χ3v) is 4.03. The van der Waals surface area contributed by atoms with E-state index in [2.05, 4.69) is 50.4 Å². The highest BCUT2D eigenvalue weighted by atomic mass is 16.5. The molecule has 1 aromatic carbocycles. The Morgan fingerprint density at radius 3 is 2.11 bits per heavy atom. The highest BCUT2D eigenvalue weighted by Gasteiger charge is 2.18. The molecule has 0 aliphatic rings. The first-order valence-corrected chi connectivity index (χ1v) is 7.58. The van der Waals surface area contributed by atoms with Crippen molar-refractivity contribution in [2.45, 2.75) is 40.0 Å².